The Morgan fingerprint density at radius 2 is 1.68 bits per heavy atom. The summed E-state index contributed by atoms with van der Waals surface area (Å²) in [4.78, 5) is 32.8. The first kappa shape index (κ1) is 24.1. The highest BCUT2D eigenvalue weighted by atomic mass is 16.5. The summed E-state index contributed by atoms with van der Waals surface area (Å²) in [6, 6.07) is 21.9. The molecule has 37 heavy (non-hydrogen) atoms. The number of imidazole rings is 1. The Hall–Kier alpha value is -4.59. The fraction of sp³-hybridized carbons (Fsp3) is 0.207. The molecule has 1 N–H and O–H groups in total. The Morgan fingerprint density at radius 3 is 2.35 bits per heavy atom. The zero-order chi connectivity index (χ0) is 25.8. The van der Waals surface area contributed by atoms with Crippen LogP contribution in [-0.4, -0.2) is 35.6 Å². The number of hydrogen-bond acceptors (Lipinski definition) is 5. The maximum absolute atomic E-state index is 13.7. The molecule has 0 bridgehead atoms. The third-order valence-corrected chi connectivity index (χ3v) is 6.68. The summed E-state index contributed by atoms with van der Waals surface area (Å²) in [5, 5.41) is 3.06. The predicted octanol–water partition coefficient (Wildman–Crippen LogP) is 5.01. The third-order valence-electron chi connectivity index (χ3n) is 6.68. The smallest absolute Gasteiger partial charge is 0.229 e. The number of carbonyl (C=O) groups is 2. The van der Waals surface area contributed by atoms with Crippen LogP contribution >= 0.6 is 0 Å². The van der Waals surface area contributed by atoms with Gasteiger partial charge in [-0.05, 0) is 61.0 Å². The van der Waals surface area contributed by atoms with E-state index < -0.39 is 12.0 Å². The normalized spacial score (nSPS) is 17.4. The van der Waals surface area contributed by atoms with Gasteiger partial charge in [0.15, 0.2) is 0 Å². The summed E-state index contributed by atoms with van der Waals surface area (Å²) in [5.41, 5.74) is 3.10. The number of nitrogens with zero attached hydrogens (tertiary/aromatic N) is 3. The van der Waals surface area contributed by atoms with Crippen molar-refractivity contribution in [2.24, 2.45) is 5.92 Å². The van der Waals surface area contributed by atoms with Gasteiger partial charge >= 0.3 is 0 Å². The first-order valence-electron chi connectivity index (χ1n) is 12.1. The first-order chi connectivity index (χ1) is 18.1. The molecule has 5 rings (SSSR count). The molecule has 2 atom stereocenters. The first-order valence-corrected chi connectivity index (χ1v) is 12.1. The van der Waals surface area contributed by atoms with Crippen molar-refractivity contribution in [2.75, 3.05) is 24.4 Å². The Balaban J connectivity index is 1.49. The van der Waals surface area contributed by atoms with E-state index in [1.54, 1.807) is 31.6 Å². The van der Waals surface area contributed by atoms with Crippen molar-refractivity contribution in [3.8, 4) is 17.2 Å². The number of hydrogen-bond donors (Lipinski definition) is 1. The number of para-hydroxylation sites is 1. The predicted molar refractivity (Wildman–Crippen MR) is 141 cm³/mol. The minimum atomic E-state index is -0.545. The molecule has 1 aromatic heterocycles. The van der Waals surface area contributed by atoms with Crippen LogP contribution in [0, 0.1) is 5.92 Å². The Kier molecular flexibility index (Phi) is 6.89. The van der Waals surface area contributed by atoms with Crippen LogP contribution in [0.4, 0.5) is 11.4 Å². The van der Waals surface area contributed by atoms with E-state index in [4.69, 9.17) is 9.47 Å². The van der Waals surface area contributed by atoms with Crippen molar-refractivity contribution < 1.29 is 19.1 Å². The zero-order valence-electron chi connectivity index (χ0n) is 20.7. The van der Waals surface area contributed by atoms with E-state index in [0.29, 0.717) is 29.3 Å². The Labute approximate surface area is 215 Å². The van der Waals surface area contributed by atoms with Crippen LogP contribution in [-0.2, 0) is 9.59 Å². The number of anilines is 2. The maximum atomic E-state index is 13.7. The lowest BCUT2D eigenvalue weighted by molar-refractivity contribution is -0.125. The van der Waals surface area contributed by atoms with Gasteiger partial charge in [0.1, 0.15) is 11.5 Å². The minimum absolute atomic E-state index is 0.0465. The van der Waals surface area contributed by atoms with E-state index >= 15 is 0 Å². The van der Waals surface area contributed by atoms with Gasteiger partial charge in [0.25, 0.3) is 0 Å². The molecule has 188 valence electrons. The molecule has 2 amide bonds. The molecule has 1 fully saturated rings. The Bertz CT molecular complexity index is 1370. The third kappa shape index (κ3) is 4.91. The Morgan fingerprint density at radius 1 is 0.946 bits per heavy atom. The fourth-order valence-electron chi connectivity index (χ4n) is 4.84. The van der Waals surface area contributed by atoms with Gasteiger partial charge in [0, 0.05) is 41.4 Å². The summed E-state index contributed by atoms with van der Waals surface area (Å²) in [7, 11) is 3.19. The van der Waals surface area contributed by atoms with E-state index in [0.717, 1.165) is 11.3 Å². The van der Waals surface area contributed by atoms with Crippen molar-refractivity contribution in [1.29, 1.82) is 0 Å². The molecule has 0 radical (unpaired) electrons. The van der Waals surface area contributed by atoms with Crippen molar-refractivity contribution in [3.63, 3.8) is 0 Å². The van der Waals surface area contributed by atoms with Gasteiger partial charge in [-0.25, -0.2) is 4.98 Å². The van der Waals surface area contributed by atoms with Gasteiger partial charge in [-0.1, -0.05) is 18.2 Å². The average Bonchev–Trinajstić information content (AvgIpc) is 3.48. The largest absolute Gasteiger partial charge is 0.497 e. The summed E-state index contributed by atoms with van der Waals surface area (Å²) >= 11 is 0. The molecule has 1 aliphatic heterocycles. The summed E-state index contributed by atoms with van der Waals surface area (Å²) in [6.45, 7) is 0. The highest BCUT2D eigenvalue weighted by molar-refractivity contribution is 6.00. The number of amides is 2. The molecular formula is C29H28N4O4. The van der Waals surface area contributed by atoms with Crippen LogP contribution in [0.2, 0.25) is 0 Å². The van der Waals surface area contributed by atoms with E-state index in [1.165, 1.54) is 0 Å². The number of nitrogens with one attached hydrogen (secondary N) is 1. The van der Waals surface area contributed by atoms with E-state index in [2.05, 4.69) is 10.3 Å². The second-order valence-electron chi connectivity index (χ2n) is 8.80. The van der Waals surface area contributed by atoms with Gasteiger partial charge in [-0.15, -0.1) is 0 Å². The molecule has 4 aromatic rings. The number of carbonyl (C=O) groups excluding carboxylic acids is 2. The highest BCUT2D eigenvalue weighted by Gasteiger charge is 2.42. The number of piperidine rings is 1. The van der Waals surface area contributed by atoms with Crippen LogP contribution in [0.5, 0.6) is 11.5 Å². The molecule has 0 spiro atoms. The van der Waals surface area contributed by atoms with E-state index in [1.807, 2.05) is 83.6 Å². The topological polar surface area (TPSA) is 85.7 Å². The number of benzene rings is 3. The van der Waals surface area contributed by atoms with Crippen LogP contribution in [0.15, 0.2) is 91.5 Å². The quantitative estimate of drug-likeness (QED) is 0.389. The van der Waals surface area contributed by atoms with Gasteiger partial charge < -0.3 is 24.3 Å². The number of aromatic nitrogens is 2. The second kappa shape index (κ2) is 10.6. The van der Waals surface area contributed by atoms with Crippen LogP contribution in [0.25, 0.3) is 5.69 Å². The van der Waals surface area contributed by atoms with Gasteiger partial charge in [0.05, 0.1) is 32.5 Å². The second-order valence-corrected chi connectivity index (χ2v) is 8.80. The average molecular weight is 497 g/mol. The van der Waals surface area contributed by atoms with Crippen molar-refractivity contribution in [1.82, 2.24) is 9.55 Å². The molecule has 1 aliphatic rings. The standard InChI is InChI=1S/C29H28N4O4/c1-36-23-13-11-22(12-14-23)33-27(34)16-15-25(28(33)24-5-3-4-6-26(24)37-2)29(35)31-20-7-9-21(10-8-20)32-18-17-30-19-32/h3-14,17-19,25,28H,15-16H2,1-2H3,(H,31,35)/t25-,28-/m0/s1. The monoisotopic (exact) mass is 496 g/mol. The SMILES string of the molecule is COc1ccc(N2C(=O)CC[C@H](C(=O)Nc3ccc(-n4ccnc4)cc3)[C@@H]2c2ccccc2OC)cc1. The summed E-state index contributed by atoms with van der Waals surface area (Å²) < 4.78 is 12.8. The van der Waals surface area contributed by atoms with E-state index in [9.17, 15) is 9.59 Å². The molecule has 3 aromatic carbocycles. The highest BCUT2D eigenvalue weighted by Crippen LogP contribution is 2.43. The van der Waals surface area contributed by atoms with E-state index in [-0.39, 0.29) is 18.2 Å². The molecule has 0 unspecified atom stereocenters. The maximum Gasteiger partial charge on any atom is 0.229 e. The number of methoxy groups -OCH3 is 2. The summed E-state index contributed by atoms with van der Waals surface area (Å²) in [5.74, 6) is 0.621. The molecule has 0 saturated carbocycles. The van der Waals surface area contributed by atoms with Gasteiger partial charge in [-0.3, -0.25) is 9.59 Å². The number of ether oxygens (including phenoxy) is 2. The minimum Gasteiger partial charge on any atom is -0.497 e. The molecule has 1 saturated heterocycles. The van der Waals surface area contributed by atoms with Crippen molar-refractivity contribution in [2.45, 2.75) is 18.9 Å². The lowest BCUT2D eigenvalue weighted by Crippen LogP contribution is -2.47. The molecule has 8 heteroatoms. The molecule has 0 aliphatic carbocycles. The lowest BCUT2D eigenvalue weighted by atomic mass is 9.82. The van der Waals surface area contributed by atoms with Crippen molar-refractivity contribution in [3.05, 3.63) is 97.1 Å². The zero-order valence-corrected chi connectivity index (χ0v) is 20.7. The van der Waals surface area contributed by atoms with Crippen molar-refractivity contribution >= 4 is 23.2 Å². The van der Waals surface area contributed by atoms with Crippen LogP contribution in [0.1, 0.15) is 24.4 Å². The van der Waals surface area contributed by atoms with Crippen LogP contribution < -0.4 is 19.7 Å². The van der Waals surface area contributed by atoms with Crippen LogP contribution in [0.3, 0.4) is 0 Å². The molecular weight excluding hydrogens is 468 g/mol. The van der Waals surface area contributed by atoms with Gasteiger partial charge in [0.2, 0.25) is 11.8 Å². The fourth-order valence-corrected chi connectivity index (χ4v) is 4.84. The number of rotatable bonds is 7. The summed E-state index contributed by atoms with van der Waals surface area (Å²) in [6.07, 6.45) is 5.98. The molecule has 8 nitrogen and oxygen atoms in total. The van der Waals surface area contributed by atoms with Gasteiger partial charge in [-0.2, -0.15) is 0 Å². The molecule has 2 heterocycles. The lowest BCUT2D eigenvalue weighted by Gasteiger charge is -2.41.